The van der Waals surface area contributed by atoms with Gasteiger partial charge in [-0.05, 0) is 61.9 Å². The molecule has 0 fully saturated rings. The number of hydrogen-bond acceptors (Lipinski definition) is 4. The van der Waals surface area contributed by atoms with Crippen molar-refractivity contribution < 1.29 is 4.79 Å². The lowest BCUT2D eigenvalue weighted by molar-refractivity contribution is -0.116. The van der Waals surface area contributed by atoms with Crippen LogP contribution >= 0.6 is 22.7 Å². The Bertz CT molecular complexity index is 850. The zero-order valence-corrected chi connectivity index (χ0v) is 15.7. The highest BCUT2D eigenvalue weighted by molar-refractivity contribution is 7.15. The predicted molar refractivity (Wildman–Crippen MR) is 103 cm³/mol. The van der Waals surface area contributed by atoms with Crippen LogP contribution in [-0.4, -0.2) is 10.9 Å². The number of nitrogens with one attached hydrogen (secondary N) is 1. The largest absolute Gasteiger partial charge is 0.326 e. The Morgan fingerprint density at radius 1 is 1.17 bits per heavy atom. The summed E-state index contributed by atoms with van der Waals surface area (Å²) in [6, 6.07) is 10.1. The number of nitrogens with zero attached hydrogens (tertiary/aromatic N) is 1. The second-order valence-electron chi connectivity index (χ2n) is 5.83. The van der Waals surface area contributed by atoms with E-state index in [1.807, 2.05) is 31.2 Å². The minimum absolute atomic E-state index is 0.0430. The van der Waals surface area contributed by atoms with Crippen LogP contribution in [0.15, 0.2) is 35.7 Å². The van der Waals surface area contributed by atoms with Gasteiger partial charge in [0, 0.05) is 17.0 Å². The number of thiazole rings is 1. The predicted octanol–water partition coefficient (Wildman–Crippen LogP) is 5.37. The van der Waals surface area contributed by atoms with Gasteiger partial charge in [-0.1, -0.05) is 12.1 Å². The molecule has 0 aliphatic rings. The molecular formula is C19H20N2OS2. The summed E-state index contributed by atoms with van der Waals surface area (Å²) < 4.78 is 0. The Morgan fingerprint density at radius 3 is 2.71 bits per heavy atom. The summed E-state index contributed by atoms with van der Waals surface area (Å²) in [7, 11) is 0. The highest BCUT2D eigenvalue weighted by Gasteiger charge is 2.14. The average molecular weight is 357 g/mol. The molecule has 124 valence electrons. The van der Waals surface area contributed by atoms with Crippen molar-refractivity contribution in [2.24, 2.45) is 0 Å². The number of carbonyl (C=O) groups excluding carboxylic acids is 1. The summed E-state index contributed by atoms with van der Waals surface area (Å²) in [5.74, 6) is 0.0430. The van der Waals surface area contributed by atoms with Gasteiger partial charge in [-0.25, -0.2) is 4.98 Å². The average Bonchev–Trinajstić information content (AvgIpc) is 3.18. The lowest BCUT2D eigenvalue weighted by Gasteiger charge is -2.07. The highest BCUT2D eigenvalue weighted by atomic mass is 32.1. The highest BCUT2D eigenvalue weighted by Crippen LogP contribution is 2.32. The smallest absolute Gasteiger partial charge is 0.224 e. The van der Waals surface area contributed by atoms with Crippen molar-refractivity contribution in [2.75, 3.05) is 5.32 Å². The van der Waals surface area contributed by atoms with Crippen LogP contribution in [0.4, 0.5) is 5.69 Å². The van der Waals surface area contributed by atoms with Gasteiger partial charge in [-0.3, -0.25) is 4.79 Å². The van der Waals surface area contributed by atoms with Crippen LogP contribution in [0.3, 0.4) is 0 Å². The number of aromatic nitrogens is 1. The van der Waals surface area contributed by atoms with Gasteiger partial charge in [-0.2, -0.15) is 0 Å². The molecule has 1 aromatic carbocycles. The van der Waals surface area contributed by atoms with Crippen LogP contribution in [-0.2, 0) is 11.2 Å². The molecule has 0 bridgehead atoms. The van der Waals surface area contributed by atoms with E-state index in [9.17, 15) is 4.79 Å². The van der Waals surface area contributed by atoms with Crippen LogP contribution in [0, 0.1) is 20.8 Å². The summed E-state index contributed by atoms with van der Waals surface area (Å²) in [6.45, 7) is 6.14. The fourth-order valence-corrected chi connectivity index (χ4v) is 4.27. The molecule has 5 heteroatoms. The van der Waals surface area contributed by atoms with Crippen molar-refractivity contribution in [3.05, 3.63) is 56.7 Å². The van der Waals surface area contributed by atoms with Gasteiger partial charge >= 0.3 is 0 Å². The Morgan fingerprint density at radius 2 is 2.00 bits per heavy atom. The van der Waals surface area contributed by atoms with E-state index in [0.717, 1.165) is 22.8 Å². The van der Waals surface area contributed by atoms with Crippen molar-refractivity contribution >= 4 is 34.3 Å². The van der Waals surface area contributed by atoms with Gasteiger partial charge in [0.15, 0.2) is 0 Å². The molecule has 0 aliphatic heterocycles. The van der Waals surface area contributed by atoms with Gasteiger partial charge in [0.05, 0.1) is 15.6 Å². The van der Waals surface area contributed by atoms with E-state index in [0.29, 0.717) is 6.42 Å². The van der Waals surface area contributed by atoms with Gasteiger partial charge in [0.1, 0.15) is 0 Å². The zero-order chi connectivity index (χ0) is 17.1. The molecule has 24 heavy (non-hydrogen) atoms. The molecule has 3 nitrogen and oxygen atoms in total. The fraction of sp³-hybridized carbons (Fsp3) is 0.263. The quantitative estimate of drug-likeness (QED) is 0.668. The minimum atomic E-state index is 0.0430. The molecule has 0 saturated carbocycles. The van der Waals surface area contributed by atoms with E-state index in [1.165, 1.54) is 20.9 Å². The molecule has 0 aliphatic carbocycles. The number of benzene rings is 1. The van der Waals surface area contributed by atoms with Crippen LogP contribution < -0.4 is 5.32 Å². The molecular weight excluding hydrogens is 336 g/mol. The maximum atomic E-state index is 12.3. The maximum absolute atomic E-state index is 12.3. The number of thiophene rings is 1. The topological polar surface area (TPSA) is 42.0 Å². The molecule has 1 amide bonds. The first-order valence-corrected chi connectivity index (χ1v) is 9.60. The second-order valence-corrected chi connectivity index (χ2v) is 8.06. The van der Waals surface area contributed by atoms with Crippen LogP contribution in [0.1, 0.15) is 27.4 Å². The molecule has 0 saturated heterocycles. The normalized spacial score (nSPS) is 10.8. The van der Waals surface area contributed by atoms with Gasteiger partial charge in [-0.15, -0.1) is 22.7 Å². The third-order valence-corrected chi connectivity index (χ3v) is 5.84. The third kappa shape index (κ3) is 3.91. The zero-order valence-electron chi connectivity index (χ0n) is 14.1. The van der Waals surface area contributed by atoms with E-state index in [2.05, 4.69) is 35.6 Å². The van der Waals surface area contributed by atoms with Gasteiger partial charge in [0.2, 0.25) is 5.91 Å². The number of rotatable bonds is 5. The Labute approximate surface area is 150 Å². The minimum Gasteiger partial charge on any atom is -0.326 e. The van der Waals surface area contributed by atoms with Crippen LogP contribution in [0.5, 0.6) is 0 Å². The summed E-state index contributed by atoms with van der Waals surface area (Å²) in [6.07, 6.45) is 1.18. The van der Waals surface area contributed by atoms with E-state index >= 15 is 0 Å². The summed E-state index contributed by atoms with van der Waals surface area (Å²) in [4.78, 5) is 19.3. The van der Waals surface area contributed by atoms with Crippen molar-refractivity contribution in [1.29, 1.82) is 0 Å². The Kier molecular flexibility index (Phi) is 5.11. The maximum Gasteiger partial charge on any atom is 0.224 e. The fourth-order valence-electron chi connectivity index (χ4n) is 2.51. The van der Waals surface area contributed by atoms with Gasteiger partial charge in [0.25, 0.3) is 0 Å². The molecule has 3 aromatic rings. The number of anilines is 1. The molecule has 1 N–H and O–H groups in total. The lowest BCUT2D eigenvalue weighted by Crippen LogP contribution is -2.12. The van der Waals surface area contributed by atoms with Crippen molar-refractivity contribution in [3.8, 4) is 10.6 Å². The van der Waals surface area contributed by atoms with E-state index in [-0.39, 0.29) is 5.91 Å². The first-order valence-electron chi connectivity index (χ1n) is 7.90. The molecule has 0 radical (unpaired) electrons. The van der Waals surface area contributed by atoms with Crippen LogP contribution in [0.25, 0.3) is 10.6 Å². The van der Waals surface area contributed by atoms with E-state index in [1.54, 1.807) is 22.7 Å². The molecule has 2 heterocycles. The summed E-state index contributed by atoms with van der Waals surface area (Å²) in [5, 5.41) is 6.09. The van der Waals surface area contributed by atoms with Crippen molar-refractivity contribution in [1.82, 2.24) is 4.98 Å². The lowest BCUT2D eigenvalue weighted by atomic mass is 10.1. The molecule has 0 spiro atoms. The third-order valence-electron chi connectivity index (χ3n) is 3.93. The van der Waals surface area contributed by atoms with E-state index in [4.69, 9.17) is 0 Å². The molecule has 2 aromatic heterocycles. The number of amides is 1. The number of aryl methyl sites for hydroxylation is 4. The standard InChI is InChI=1S/C19H20N2OS2/c1-12-6-7-15(11-13(12)2)21-18(22)9-8-17-19(20-14(3)24-17)16-5-4-10-23-16/h4-7,10-11H,8-9H2,1-3H3,(H,21,22). The molecule has 0 unspecified atom stereocenters. The molecule has 0 atom stereocenters. The van der Waals surface area contributed by atoms with Crippen molar-refractivity contribution in [3.63, 3.8) is 0 Å². The monoisotopic (exact) mass is 356 g/mol. The Balaban J connectivity index is 1.65. The second kappa shape index (κ2) is 7.28. The van der Waals surface area contributed by atoms with Gasteiger partial charge < -0.3 is 5.32 Å². The first kappa shape index (κ1) is 16.9. The van der Waals surface area contributed by atoms with E-state index < -0.39 is 0 Å². The first-order chi connectivity index (χ1) is 11.5. The van der Waals surface area contributed by atoms with Crippen LogP contribution in [0.2, 0.25) is 0 Å². The summed E-state index contributed by atoms with van der Waals surface area (Å²) >= 11 is 3.37. The Hall–Kier alpha value is -1.98. The molecule has 3 rings (SSSR count). The SMILES string of the molecule is Cc1nc(-c2cccs2)c(CCC(=O)Nc2ccc(C)c(C)c2)s1. The summed E-state index contributed by atoms with van der Waals surface area (Å²) in [5.41, 5.74) is 4.31. The number of carbonyl (C=O) groups is 1. The van der Waals surface area contributed by atoms with Crippen molar-refractivity contribution in [2.45, 2.75) is 33.6 Å². The number of hydrogen-bond donors (Lipinski definition) is 1.